The smallest absolute Gasteiger partial charge is 0.363 e. The van der Waals surface area contributed by atoms with Crippen LogP contribution in [0.1, 0.15) is 60.3 Å². The fourth-order valence-electron chi connectivity index (χ4n) is 1.17. The van der Waals surface area contributed by atoms with Crippen LogP contribution in [0.15, 0.2) is 0 Å². The topological polar surface area (TPSA) is 75.6 Å². The molecule has 1 N–H and O–H groups in total. The molecule has 0 amide bonds. The first kappa shape index (κ1) is 26.0. The fourth-order valence-corrected chi connectivity index (χ4v) is 6.21. The summed E-state index contributed by atoms with van der Waals surface area (Å²) in [4.78, 5) is 23.0. The molecule has 0 aromatic rings. The van der Waals surface area contributed by atoms with Crippen molar-refractivity contribution in [2.75, 3.05) is 19.8 Å². The van der Waals surface area contributed by atoms with Crippen LogP contribution in [0.25, 0.3) is 0 Å². The summed E-state index contributed by atoms with van der Waals surface area (Å²) in [6, 6.07) is 0. The molecule has 0 rings (SSSR count). The summed E-state index contributed by atoms with van der Waals surface area (Å²) in [6.45, 7) is 10.3. The molecular weight excluding hydrogens is 427 g/mol. The molecule has 0 unspecified atom stereocenters. The molecule has 0 saturated heterocycles. The van der Waals surface area contributed by atoms with Crippen LogP contribution >= 0.6 is 0 Å². The Bertz CT molecular complexity index is 198. The van der Waals surface area contributed by atoms with E-state index in [9.17, 15) is 4.80 Å². The molecule has 23 heavy (non-hydrogen) atoms. The Kier molecular flexibility index (Phi) is 23.5. The SMILES string of the molecule is CCC[CH2][Sn][CH2]CCC.CCOO[Si](O)(OOCC)OOCC. The van der Waals surface area contributed by atoms with Crippen molar-refractivity contribution >= 4 is 30.2 Å². The Hall–Kier alpha value is 0.736. The average molecular weight is 461 g/mol. The van der Waals surface area contributed by atoms with Gasteiger partial charge in [-0.3, -0.25) is 0 Å². The van der Waals surface area contributed by atoms with E-state index in [4.69, 9.17) is 0 Å². The van der Waals surface area contributed by atoms with Gasteiger partial charge in [-0.05, 0) is 20.8 Å². The summed E-state index contributed by atoms with van der Waals surface area (Å²) < 4.78 is 16.7. The second-order valence-corrected chi connectivity index (χ2v) is 10.3. The van der Waals surface area contributed by atoms with Gasteiger partial charge in [0.25, 0.3) is 0 Å². The zero-order chi connectivity index (χ0) is 17.8. The van der Waals surface area contributed by atoms with Gasteiger partial charge in [0.05, 0.1) is 19.8 Å². The van der Waals surface area contributed by atoms with Crippen LogP contribution in [0.2, 0.25) is 8.87 Å². The van der Waals surface area contributed by atoms with Crippen molar-refractivity contribution in [3.8, 4) is 0 Å². The average Bonchev–Trinajstić information content (AvgIpc) is 2.57. The molecule has 0 bridgehead atoms. The van der Waals surface area contributed by atoms with Gasteiger partial charge >= 0.3 is 78.6 Å². The summed E-state index contributed by atoms with van der Waals surface area (Å²) in [7, 11) is -3.98. The van der Waals surface area contributed by atoms with E-state index < -0.39 is 9.05 Å². The maximum Gasteiger partial charge on any atom is 0.761 e. The third-order valence-electron chi connectivity index (χ3n) is 2.26. The third kappa shape index (κ3) is 20.7. The Morgan fingerprint density at radius 3 is 1.30 bits per heavy atom. The minimum Gasteiger partial charge on any atom is -0.363 e. The van der Waals surface area contributed by atoms with Crippen molar-refractivity contribution in [3.63, 3.8) is 0 Å². The van der Waals surface area contributed by atoms with Crippen LogP contribution in [0, 0.1) is 0 Å². The van der Waals surface area contributed by atoms with E-state index in [-0.39, 0.29) is 41.0 Å². The summed E-state index contributed by atoms with van der Waals surface area (Å²) in [5.74, 6) is 0. The first-order chi connectivity index (χ1) is 11.1. The first-order valence-corrected chi connectivity index (χ1v) is 14.2. The molecule has 0 aromatic heterocycles. The van der Waals surface area contributed by atoms with Crippen LogP contribution in [0.3, 0.4) is 0 Å². The van der Waals surface area contributed by atoms with Crippen molar-refractivity contribution < 1.29 is 33.2 Å². The van der Waals surface area contributed by atoms with E-state index in [1.54, 1.807) is 29.6 Å². The molecule has 0 aliphatic rings. The van der Waals surface area contributed by atoms with Crippen molar-refractivity contribution in [2.24, 2.45) is 0 Å². The Morgan fingerprint density at radius 2 is 1.04 bits per heavy atom. The summed E-state index contributed by atoms with van der Waals surface area (Å²) in [5, 5.41) is 0. The van der Waals surface area contributed by atoms with Gasteiger partial charge in [-0.2, -0.15) is 13.7 Å². The fraction of sp³-hybridized carbons (Fsp3) is 1.00. The van der Waals surface area contributed by atoms with Crippen molar-refractivity contribution in [2.45, 2.75) is 69.2 Å². The molecule has 0 saturated carbocycles. The van der Waals surface area contributed by atoms with Gasteiger partial charge in [-0.1, -0.05) is 0 Å². The van der Waals surface area contributed by atoms with Crippen LogP contribution in [0.4, 0.5) is 0 Å². The molecular formula is C14H34O7SiSn. The van der Waals surface area contributed by atoms with E-state index in [1.807, 2.05) is 0 Å². The normalized spacial score (nSPS) is 11.2. The Morgan fingerprint density at radius 1 is 0.696 bits per heavy atom. The van der Waals surface area contributed by atoms with Crippen LogP contribution < -0.4 is 0 Å². The van der Waals surface area contributed by atoms with Gasteiger partial charge in [0.15, 0.2) is 0 Å². The minimum absolute atomic E-state index is 0.149. The second-order valence-electron chi connectivity index (χ2n) is 4.45. The number of unbranched alkanes of at least 4 members (excludes halogenated alkanes) is 2. The maximum absolute atomic E-state index is 9.50. The summed E-state index contributed by atoms with van der Waals surface area (Å²) in [6.07, 6.45) is 5.84. The molecule has 0 aromatic carbocycles. The monoisotopic (exact) mass is 462 g/mol. The number of hydrogen-bond acceptors (Lipinski definition) is 7. The van der Waals surface area contributed by atoms with Crippen LogP contribution in [-0.4, -0.2) is 54.8 Å². The second kappa shape index (κ2) is 20.8. The molecule has 0 aliphatic heterocycles. The Balaban J connectivity index is 0. The minimum atomic E-state index is -3.98. The molecule has 0 spiro atoms. The predicted octanol–water partition coefficient (Wildman–Crippen LogP) is 3.45. The van der Waals surface area contributed by atoms with Gasteiger partial charge in [-0.25, -0.2) is 14.7 Å². The zero-order valence-electron chi connectivity index (χ0n) is 15.3. The molecule has 140 valence electrons. The summed E-state index contributed by atoms with van der Waals surface area (Å²) >= 11 is 0.149. The van der Waals surface area contributed by atoms with E-state index in [0.717, 1.165) is 0 Å². The van der Waals surface area contributed by atoms with Crippen LogP contribution in [-0.2, 0) is 28.4 Å². The standard InChI is InChI=1S/C6H16O7Si.2C4H9.Sn/c1-4-8-11-14(7,12-9-5-2)13-10-6-3;2*1-3-4-2;/h7H,4-6H2,1-3H3;2*1,3-4H2,2H3;. The van der Waals surface area contributed by atoms with E-state index in [0.29, 0.717) is 0 Å². The van der Waals surface area contributed by atoms with Gasteiger partial charge in [0, 0.05) is 0 Å². The van der Waals surface area contributed by atoms with Gasteiger partial charge < -0.3 is 4.80 Å². The molecule has 9 heteroatoms. The van der Waals surface area contributed by atoms with E-state index >= 15 is 0 Å². The van der Waals surface area contributed by atoms with Gasteiger partial charge in [0.2, 0.25) is 0 Å². The summed E-state index contributed by atoms with van der Waals surface area (Å²) in [5.41, 5.74) is 0. The zero-order valence-corrected chi connectivity index (χ0v) is 19.1. The van der Waals surface area contributed by atoms with E-state index in [1.165, 1.54) is 25.7 Å². The Labute approximate surface area is 152 Å². The van der Waals surface area contributed by atoms with Crippen molar-refractivity contribution in [1.29, 1.82) is 0 Å². The molecule has 0 aliphatic carbocycles. The first-order valence-electron chi connectivity index (χ1n) is 8.44. The van der Waals surface area contributed by atoms with Crippen LogP contribution in [0.5, 0.6) is 0 Å². The van der Waals surface area contributed by atoms with Gasteiger partial charge in [0.1, 0.15) is 0 Å². The van der Waals surface area contributed by atoms with Crippen molar-refractivity contribution in [3.05, 3.63) is 0 Å². The molecule has 7 nitrogen and oxygen atoms in total. The van der Waals surface area contributed by atoms with Gasteiger partial charge in [-0.15, -0.1) is 0 Å². The van der Waals surface area contributed by atoms with Crippen molar-refractivity contribution in [1.82, 2.24) is 0 Å². The number of hydrogen-bond donors (Lipinski definition) is 1. The molecule has 0 fully saturated rings. The largest absolute Gasteiger partial charge is 0.761 e. The molecule has 0 atom stereocenters. The predicted molar refractivity (Wildman–Crippen MR) is 91.3 cm³/mol. The van der Waals surface area contributed by atoms with E-state index in [2.05, 4.69) is 42.2 Å². The molecule has 0 heterocycles. The quantitative estimate of drug-likeness (QED) is 0.173. The molecule has 2 radical (unpaired) electrons. The number of rotatable bonds is 15. The third-order valence-corrected chi connectivity index (χ3v) is 7.28. The maximum atomic E-state index is 9.50.